The fourth-order valence-corrected chi connectivity index (χ4v) is 3.94. The van der Waals surface area contributed by atoms with E-state index >= 15 is 0 Å². The van der Waals surface area contributed by atoms with Gasteiger partial charge in [0.25, 0.3) is 0 Å². The van der Waals surface area contributed by atoms with Crippen LogP contribution in [0.25, 0.3) is 11.1 Å². The van der Waals surface area contributed by atoms with Gasteiger partial charge in [0, 0.05) is 24.2 Å². The first-order valence-corrected chi connectivity index (χ1v) is 8.40. The summed E-state index contributed by atoms with van der Waals surface area (Å²) in [5.74, 6) is -1.05. The van der Waals surface area contributed by atoms with Crippen LogP contribution in [0, 0.1) is 5.92 Å². The minimum atomic E-state index is -4.63. The van der Waals surface area contributed by atoms with E-state index in [1.807, 2.05) is 0 Å². The summed E-state index contributed by atoms with van der Waals surface area (Å²) in [7, 11) is 0. The van der Waals surface area contributed by atoms with Crippen LogP contribution in [0.5, 0.6) is 0 Å². The standard InChI is InChI=1S/C17H18F3N3O2.ClH/c18-17(19,20)16-23-13-8-12(3-4-14(13)25-16)22-15(24)7-9-5-10-1-2-11(6-9)21-10;/h3-4,8-11,21H,1-2,5-7H2,(H,22,24);1H. The number of nitrogens with one attached hydrogen (secondary N) is 2. The number of alkyl halides is 3. The van der Waals surface area contributed by atoms with Crippen molar-refractivity contribution in [2.75, 3.05) is 5.32 Å². The maximum absolute atomic E-state index is 12.6. The van der Waals surface area contributed by atoms with Crippen molar-refractivity contribution in [3.05, 3.63) is 24.1 Å². The van der Waals surface area contributed by atoms with E-state index in [4.69, 9.17) is 0 Å². The molecule has 2 bridgehead atoms. The molecule has 3 heterocycles. The molecule has 2 aliphatic rings. The number of anilines is 1. The van der Waals surface area contributed by atoms with Crippen LogP contribution in [0.1, 0.15) is 38.0 Å². The maximum atomic E-state index is 12.6. The number of hydrogen-bond acceptors (Lipinski definition) is 4. The average Bonchev–Trinajstić information content (AvgIpc) is 3.09. The van der Waals surface area contributed by atoms with E-state index in [1.54, 1.807) is 0 Å². The van der Waals surface area contributed by atoms with Crippen molar-refractivity contribution in [2.24, 2.45) is 5.92 Å². The zero-order chi connectivity index (χ0) is 17.6. The van der Waals surface area contributed by atoms with Gasteiger partial charge in [-0.2, -0.15) is 13.2 Å². The Morgan fingerprint density at radius 2 is 1.96 bits per heavy atom. The molecule has 1 aromatic heterocycles. The monoisotopic (exact) mass is 389 g/mol. The third kappa shape index (κ3) is 3.96. The van der Waals surface area contributed by atoms with Crippen LogP contribution in [0.2, 0.25) is 0 Å². The summed E-state index contributed by atoms with van der Waals surface area (Å²) in [6.45, 7) is 0. The zero-order valence-corrected chi connectivity index (χ0v) is 14.6. The van der Waals surface area contributed by atoms with Crippen LogP contribution < -0.4 is 10.6 Å². The second-order valence-corrected chi connectivity index (χ2v) is 6.93. The van der Waals surface area contributed by atoms with Crippen LogP contribution in [-0.4, -0.2) is 23.0 Å². The Kier molecular flexibility index (Phi) is 5.16. The number of aromatic nitrogens is 1. The average molecular weight is 390 g/mol. The van der Waals surface area contributed by atoms with Gasteiger partial charge in [-0.05, 0) is 49.8 Å². The number of halogens is 4. The van der Waals surface area contributed by atoms with E-state index in [0.29, 0.717) is 30.1 Å². The summed E-state index contributed by atoms with van der Waals surface area (Å²) in [5.41, 5.74) is 0.543. The Labute approximate surface area is 154 Å². The molecule has 2 saturated heterocycles. The fourth-order valence-electron chi connectivity index (χ4n) is 3.94. The van der Waals surface area contributed by atoms with Gasteiger partial charge in [0.15, 0.2) is 5.58 Å². The van der Waals surface area contributed by atoms with Crippen LogP contribution >= 0.6 is 12.4 Å². The Morgan fingerprint density at radius 1 is 1.27 bits per heavy atom. The molecule has 9 heteroatoms. The quantitative estimate of drug-likeness (QED) is 0.828. The van der Waals surface area contributed by atoms with Crippen molar-refractivity contribution >= 4 is 35.1 Å². The minimum Gasteiger partial charge on any atom is -0.433 e. The normalized spacial score (nSPS) is 25.1. The Bertz CT molecular complexity index is 796. The van der Waals surface area contributed by atoms with E-state index in [9.17, 15) is 18.0 Å². The first kappa shape index (κ1) is 19.0. The van der Waals surface area contributed by atoms with Gasteiger partial charge in [-0.3, -0.25) is 4.79 Å². The van der Waals surface area contributed by atoms with Gasteiger partial charge >= 0.3 is 12.1 Å². The Morgan fingerprint density at radius 3 is 2.62 bits per heavy atom. The summed E-state index contributed by atoms with van der Waals surface area (Å²) in [6, 6.07) is 5.35. The second kappa shape index (κ2) is 7.08. The van der Waals surface area contributed by atoms with Crippen LogP contribution in [0.4, 0.5) is 18.9 Å². The molecule has 0 aliphatic carbocycles. The van der Waals surface area contributed by atoms with E-state index < -0.39 is 12.1 Å². The first-order valence-electron chi connectivity index (χ1n) is 8.40. The summed E-state index contributed by atoms with van der Waals surface area (Å²) >= 11 is 0. The van der Waals surface area contributed by atoms with Crippen LogP contribution in [0.15, 0.2) is 22.6 Å². The van der Waals surface area contributed by atoms with Crippen molar-refractivity contribution in [3.63, 3.8) is 0 Å². The number of carbonyl (C=O) groups is 1. The number of hydrogen-bond donors (Lipinski definition) is 2. The molecule has 26 heavy (non-hydrogen) atoms. The molecule has 0 spiro atoms. The van der Waals surface area contributed by atoms with Gasteiger partial charge in [-0.25, -0.2) is 4.98 Å². The summed E-state index contributed by atoms with van der Waals surface area (Å²) in [5, 5.41) is 6.29. The van der Waals surface area contributed by atoms with E-state index in [1.165, 1.54) is 31.0 Å². The molecule has 5 nitrogen and oxygen atoms in total. The zero-order valence-electron chi connectivity index (χ0n) is 13.8. The topological polar surface area (TPSA) is 67.2 Å². The molecule has 2 atom stereocenters. The molecule has 2 aromatic rings. The molecule has 4 rings (SSSR count). The predicted molar refractivity (Wildman–Crippen MR) is 92.2 cm³/mol. The third-order valence-electron chi connectivity index (χ3n) is 4.96. The maximum Gasteiger partial charge on any atom is 0.468 e. The van der Waals surface area contributed by atoms with E-state index in [0.717, 1.165) is 12.8 Å². The van der Waals surface area contributed by atoms with Crippen molar-refractivity contribution in [3.8, 4) is 0 Å². The van der Waals surface area contributed by atoms with Gasteiger partial charge in [-0.15, -0.1) is 12.4 Å². The number of nitrogens with zero attached hydrogens (tertiary/aromatic N) is 1. The molecule has 2 N–H and O–H groups in total. The fraction of sp³-hybridized carbons (Fsp3) is 0.529. The largest absolute Gasteiger partial charge is 0.468 e. The summed E-state index contributed by atoms with van der Waals surface area (Å²) in [6.07, 6.45) is 0.152. The molecular weight excluding hydrogens is 371 g/mol. The van der Waals surface area contributed by atoms with Crippen LogP contribution in [0.3, 0.4) is 0 Å². The lowest BCUT2D eigenvalue weighted by atomic mass is 9.89. The molecule has 2 aliphatic heterocycles. The predicted octanol–water partition coefficient (Wildman–Crippen LogP) is 4.13. The number of fused-ring (bicyclic) bond motifs is 3. The summed E-state index contributed by atoms with van der Waals surface area (Å²) < 4.78 is 42.6. The molecule has 2 unspecified atom stereocenters. The number of carbonyl (C=O) groups excluding carboxylic acids is 1. The highest BCUT2D eigenvalue weighted by Gasteiger charge is 2.37. The molecule has 1 aromatic carbocycles. The molecule has 1 amide bonds. The first-order chi connectivity index (χ1) is 11.9. The summed E-state index contributed by atoms with van der Waals surface area (Å²) in [4.78, 5) is 15.7. The Hall–Kier alpha value is -1.80. The van der Waals surface area contributed by atoms with E-state index in [2.05, 4.69) is 20.0 Å². The van der Waals surface area contributed by atoms with E-state index in [-0.39, 0.29) is 29.4 Å². The van der Waals surface area contributed by atoms with Gasteiger partial charge < -0.3 is 15.1 Å². The molecule has 0 saturated carbocycles. The highest BCUT2D eigenvalue weighted by atomic mass is 35.5. The molecule has 2 fully saturated rings. The molecular formula is C17H19ClF3N3O2. The lowest BCUT2D eigenvalue weighted by Crippen LogP contribution is -2.39. The molecule has 0 radical (unpaired) electrons. The van der Waals surface area contributed by atoms with Gasteiger partial charge in [0.05, 0.1) is 0 Å². The smallest absolute Gasteiger partial charge is 0.433 e. The van der Waals surface area contributed by atoms with Crippen molar-refractivity contribution < 1.29 is 22.4 Å². The minimum absolute atomic E-state index is 0. The van der Waals surface area contributed by atoms with Crippen molar-refractivity contribution in [1.29, 1.82) is 0 Å². The van der Waals surface area contributed by atoms with Crippen LogP contribution in [-0.2, 0) is 11.0 Å². The Balaban J connectivity index is 0.00000196. The second-order valence-electron chi connectivity index (χ2n) is 6.93. The highest BCUT2D eigenvalue weighted by Crippen LogP contribution is 2.34. The third-order valence-corrected chi connectivity index (χ3v) is 4.96. The van der Waals surface area contributed by atoms with Gasteiger partial charge in [-0.1, -0.05) is 0 Å². The lowest BCUT2D eigenvalue weighted by molar-refractivity contribution is -0.156. The number of benzene rings is 1. The number of piperidine rings is 1. The van der Waals surface area contributed by atoms with Crippen molar-refractivity contribution in [1.82, 2.24) is 10.3 Å². The van der Waals surface area contributed by atoms with Gasteiger partial charge in [0.1, 0.15) is 5.52 Å². The van der Waals surface area contributed by atoms with Gasteiger partial charge in [0.2, 0.25) is 5.91 Å². The number of amides is 1. The SMILES string of the molecule is Cl.O=C(CC1CC2CCC(C1)N2)Nc1ccc2oc(C(F)(F)F)nc2c1. The highest BCUT2D eigenvalue weighted by molar-refractivity contribution is 5.92. The lowest BCUT2D eigenvalue weighted by Gasteiger charge is -2.28. The van der Waals surface area contributed by atoms with Crippen molar-refractivity contribution in [2.45, 2.75) is 50.4 Å². The number of rotatable bonds is 3. The number of oxazole rings is 1. The molecule has 142 valence electrons.